The molecule has 33 heavy (non-hydrogen) atoms. The van der Waals surface area contributed by atoms with Crippen molar-refractivity contribution >= 4 is 27.6 Å². The van der Waals surface area contributed by atoms with E-state index >= 15 is 0 Å². The Labute approximate surface area is 185 Å². The molecule has 4 fully saturated rings. The number of rotatable bonds is 6. The summed E-state index contributed by atoms with van der Waals surface area (Å²) >= 11 is 0. The largest absolute Gasteiger partial charge is 0.478 e. The molecule has 4 aliphatic rings. The van der Waals surface area contributed by atoms with E-state index in [9.17, 15) is 40.0 Å². The van der Waals surface area contributed by atoms with Crippen LogP contribution < -0.4 is 0 Å². The molecule has 0 N–H and O–H groups in total. The van der Waals surface area contributed by atoms with Gasteiger partial charge in [0, 0.05) is 17.4 Å². The molecule has 0 aromatic heterocycles. The highest BCUT2D eigenvalue weighted by molar-refractivity contribution is 7.88. The van der Waals surface area contributed by atoms with Crippen molar-refractivity contribution in [2.45, 2.75) is 49.1 Å². The van der Waals surface area contributed by atoms with E-state index in [1.165, 1.54) is 18.2 Å². The predicted molar refractivity (Wildman–Crippen MR) is 101 cm³/mol. The Morgan fingerprint density at radius 1 is 1.00 bits per heavy atom. The normalized spacial score (nSPS) is 29.8. The number of halogens is 5. The number of benzene rings is 1. The third-order valence-electron chi connectivity index (χ3n) is 6.34. The van der Waals surface area contributed by atoms with E-state index in [1.54, 1.807) is 0 Å². The van der Waals surface area contributed by atoms with E-state index in [4.69, 9.17) is 4.74 Å². The van der Waals surface area contributed by atoms with Crippen molar-refractivity contribution in [3.63, 3.8) is 0 Å². The maximum atomic E-state index is 14.5. The molecule has 7 nitrogen and oxygen atoms in total. The van der Waals surface area contributed by atoms with Crippen LogP contribution in [0.4, 0.5) is 22.0 Å². The summed E-state index contributed by atoms with van der Waals surface area (Å²) in [6, 6.07) is 5.59. The highest BCUT2D eigenvalue weighted by Gasteiger charge is 2.63. The van der Waals surface area contributed by atoms with E-state index in [-0.39, 0.29) is 31.0 Å². The fourth-order valence-electron chi connectivity index (χ4n) is 5.16. The number of Topliss-reactive ketones (excluding diaryl/α,β-unsaturated/α-hetero) is 1. The first-order chi connectivity index (χ1) is 15.2. The van der Waals surface area contributed by atoms with Gasteiger partial charge in [-0.25, -0.2) is 4.79 Å². The summed E-state index contributed by atoms with van der Waals surface area (Å²) in [6.07, 6.45) is -3.90. The van der Waals surface area contributed by atoms with Crippen molar-refractivity contribution in [2.24, 2.45) is 22.9 Å². The summed E-state index contributed by atoms with van der Waals surface area (Å²) in [7, 11) is -6.28. The van der Waals surface area contributed by atoms with Gasteiger partial charge in [-0.1, -0.05) is 35.5 Å². The number of carbonyl (C=O) groups excluding carboxylic acids is 2. The molecular formula is C20H18F5NO6S. The van der Waals surface area contributed by atoms with Gasteiger partial charge in [0.2, 0.25) is 0 Å². The monoisotopic (exact) mass is 495 g/mol. The second-order valence-electron chi connectivity index (χ2n) is 8.67. The van der Waals surface area contributed by atoms with E-state index in [0.29, 0.717) is 12.8 Å². The van der Waals surface area contributed by atoms with Crippen LogP contribution in [0, 0.1) is 17.8 Å². The Balaban J connectivity index is 1.54. The molecule has 5 rings (SSSR count). The van der Waals surface area contributed by atoms with Gasteiger partial charge in [0.1, 0.15) is 11.4 Å². The zero-order chi connectivity index (χ0) is 24.2. The number of alkyl halides is 5. The first-order valence-electron chi connectivity index (χ1n) is 10.0. The number of nitrogens with zero attached hydrogens (tertiary/aromatic N) is 1. The van der Waals surface area contributed by atoms with Crippen molar-refractivity contribution in [3.8, 4) is 0 Å². The SMILES string of the molecule is O=C1C2CC3CC1CC(OC(=O)C(F)(F)S(=O)(=O)O/N=C(/c1ccccc1)C(F)(F)F)(C3)C2. The Morgan fingerprint density at radius 3 is 2.12 bits per heavy atom. The van der Waals surface area contributed by atoms with Gasteiger partial charge in [-0.15, -0.1) is 0 Å². The molecule has 1 aromatic rings. The molecule has 2 unspecified atom stereocenters. The predicted octanol–water partition coefficient (Wildman–Crippen LogP) is 3.58. The van der Waals surface area contributed by atoms with Gasteiger partial charge in [-0.05, 0) is 38.0 Å². The van der Waals surface area contributed by atoms with Crippen LogP contribution in [-0.4, -0.2) is 42.9 Å². The standard InChI is InChI=1S/C20H18F5NO6S/c21-19(22,23)16(12-4-2-1-3-5-12)26-32-33(29,30)20(24,25)17(28)31-18-8-11-6-13(9-18)15(27)14(7-11)10-18/h1-5,11,13-14H,6-10H2/b26-16-. The molecule has 0 aliphatic heterocycles. The summed E-state index contributed by atoms with van der Waals surface area (Å²) in [4.78, 5) is 24.4. The van der Waals surface area contributed by atoms with Gasteiger partial charge in [-0.3, -0.25) is 9.08 Å². The molecule has 0 heterocycles. The fourth-order valence-corrected chi connectivity index (χ4v) is 5.67. The van der Waals surface area contributed by atoms with E-state index in [1.807, 2.05) is 0 Å². The Morgan fingerprint density at radius 2 is 1.58 bits per heavy atom. The van der Waals surface area contributed by atoms with E-state index < -0.39 is 56.2 Å². The zero-order valence-electron chi connectivity index (χ0n) is 16.8. The van der Waals surface area contributed by atoms with Gasteiger partial charge in [0.15, 0.2) is 5.71 Å². The molecule has 4 aliphatic carbocycles. The molecule has 0 spiro atoms. The molecule has 0 saturated heterocycles. The third kappa shape index (κ3) is 4.22. The summed E-state index contributed by atoms with van der Waals surface area (Å²) in [5.74, 6) is -3.40. The number of carbonyl (C=O) groups is 2. The first kappa shape index (κ1) is 23.6. The molecule has 2 atom stereocenters. The lowest BCUT2D eigenvalue weighted by molar-refractivity contribution is -0.202. The highest BCUT2D eigenvalue weighted by atomic mass is 32.2. The topological polar surface area (TPSA) is 99.1 Å². The summed E-state index contributed by atoms with van der Waals surface area (Å²) in [5, 5.41) is -2.93. The molecule has 0 amide bonds. The van der Waals surface area contributed by atoms with Crippen LogP contribution in [0.2, 0.25) is 0 Å². The number of hydrogen-bond acceptors (Lipinski definition) is 7. The maximum Gasteiger partial charge on any atom is 0.478 e. The van der Waals surface area contributed by atoms with Gasteiger partial charge < -0.3 is 4.74 Å². The van der Waals surface area contributed by atoms with E-state index in [2.05, 4.69) is 9.44 Å². The number of hydrogen-bond donors (Lipinski definition) is 0. The van der Waals surface area contributed by atoms with Crippen molar-refractivity contribution in [2.75, 3.05) is 0 Å². The number of esters is 1. The van der Waals surface area contributed by atoms with Gasteiger partial charge in [0.25, 0.3) is 0 Å². The lowest BCUT2D eigenvalue weighted by Crippen LogP contribution is -2.58. The second-order valence-corrected chi connectivity index (χ2v) is 10.2. The van der Waals surface area contributed by atoms with E-state index in [0.717, 1.165) is 12.1 Å². The molecule has 4 saturated carbocycles. The van der Waals surface area contributed by atoms with Crippen molar-refractivity contribution in [3.05, 3.63) is 35.9 Å². The maximum absolute atomic E-state index is 14.5. The van der Waals surface area contributed by atoms with Crippen molar-refractivity contribution in [1.29, 1.82) is 0 Å². The quantitative estimate of drug-likeness (QED) is 0.259. The molecule has 1 aromatic carbocycles. The van der Waals surface area contributed by atoms with Crippen LogP contribution in [-0.2, 0) is 28.7 Å². The van der Waals surface area contributed by atoms with Crippen LogP contribution in [0.25, 0.3) is 0 Å². The molecule has 0 radical (unpaired) electrons. The van der Waals surface area contributed by atoms with Gasteiger partial charge in [0.05, 0.1) is 0 Å². The average molecular weight is 495 g/mol. The number of ether oxygens (including phenoxy) is 1. The Bertz CT molecular complexity index is 1080. The first-order valence-corrected chi connectivity index (χ1v) is 11.4. The Hall–Kier alpha value is -2.57. The smallest absolute Gasteiger partial charge is 0.454 e. The molecule has 4 bridgehead atoms. The lowest BCUT2D eigenvalue weighted by Gasteiger charge is -2.54. The average Bonchev–Trinajstić information content (AvgIpc) is 2.70. The van der Waals surface area contributed by atoms with Gasteiger partial charge >= 0.3 is 27.5 Å². The van der Waals surface area contributed by atoms with Crippen molar-refractivity contribution in [1.82, 2.24) is 0 Å². The van der Waals surface area contributed by atoms with Crippen LogP contribution in [0.5, 0.6) is 0 Å². The lowest BCUT2D eigenvalue weighted by atomic mass is 9.53. The number of ketones is 1. The second kappa shape index (κ2) is 7.74. The fraction of sp³-hybridized carbons (Fsp3) is 0.550. The van der Waals surface area contributed by atoms with Gasteiger partial charge in [-0.2, -0.15) is 30.4 Å². The van der Waals surface area contributed by atoms with Crippen LogP contribution in [0.1, 0.15) is 37.7 Å². The summed E-state index contributed by atoms with van der Waals surface area (Å²) < 4.78 is 101. The minimum absolute atomic E-state index is 0.00589. The molecular weight excluding hydrogens is 477 g/mol. The summed E-state index contributed by atoms with van der Waals surface area (Å²) in [5.41, 5.74) is -3.93. The van der Waals surface area contributed by atoms with Crippen LogP contribution in [0.15, 0.2) is 35.5 Å². The Kier molecular flexibility index (Phi) is 5.53. The van der Waals surface area contributed by atoms with Crippen LogP contribution in [0.3, 0.4) is 0 Å². The third-order valence-corrected chi connectivity index (χ3v) is 7.41. The summed E-state index contributed by atoms with van der Waals surface area (Å²) in [6.45, 7) is 0. The minimum Gasteiger partial charge on any atom is -0.454 e. The number of oxime groups is 1. The zero-order valence-corrected chi connectivity index (χ0v) is 17.7. The highest BCUT2D eigenvalue weighted by Crippen LogP contribution is 2.56. The van der Waals surface area contributed by atoms with Crippen molar-refractivity contribution < 1.29 is 49.0 Å². The molecule has 180 valence electrons. The minimum atomic E-state index is -6.28. The van der Waals surface area contributed by atoms with Crippen LogP contribution >= 0.6 is 0 Å². The molecule has 13 heteroatoms.